The minimum Gasteiger partial charge on any atom is -0.422 e. The van der Waals surface area contributed by atoms with Crippen molar-refractivity contribution in [3.8, 4) is 5.75 Å². The fraction of sp³-hybridized carbons (Fsp3) is 0.267. The van der Waals surface area contributed by atoms with Crippen LogP contribution in [0.25, 0.3) is 0 Å². The first kappa shape index (κ1) is 16.0. The third kappa shape index (κ3) is 4.56. The molecule has 116 valence electrons. The van der Waals surface area contributed by atoms with E-state index in [9.17, 15) is 9.59 Å². The average Bonchev–Trinajstić information content (AvgIpc) is 2.92. The molecule has 0 atom stereocenters. The molecule has 2 N–H and O–H groups in total. The number of aromatic nitrogens is 1. The van der Waals surface area contributed by atoms with Crippen molar-refractivity contribution in [2.45, 2.75) is 20.3 Å². The summed E-state index contributed by atoms with van der Waals surface area (Å²) in [5.74, 6) is -0.166. The molecule has 1 heterocycles. The van der Waals surface area contributed by atoms with E-state index < -0.39 is 5.97 Å². The predicted octanol–water partition coefficient (Wildman–Crippen LogP) is 3.20. The summed E-state index contributed by atoms with van der Waals surface area (Å²) in [4.78, 5) is 27.6. The van der Waals surface area contributed by atoms with E-state index >= 15 is 0 Å². The lowest BCUT2D eigenvalue weighted by Gasteiger charge is -2.08. The van der Waals surface area contributed by atoms with Crippen molar-refractivity contribution >= 4 is 29.0 Å². The number of rotatable bonds is 5. The number of anilines is 1. The third-order valence-electron chi connectivity index (χ3n) is 2.67. The molecule has 0 radical (unpaired) electrons. The van der Waals surface area contributed by atoms with Gasteiger partial charge in [-0.15, -0.1) is 11.3 Å². The Morgan fingerprint density at radius 2 is 2.18 bits per heavy atom. The number of thiazole rings is 1. The van der Waals surface area contributed by atoms with E-state index in [0.717, 1.165) is 11.4 Å². The molecular weight excluding hydrogens is 302 g/mol. The molecule has 2 rings (SSSR count). The van der Waals surface area contributed by atoms with E-state index in [1.54, 1.807) is 29.6 Å². The summed E-state index contributed by atoms with van der Waals surface area (Å²) in [5, 5.41) is 7.83. The molecule has 0 bridgehead atoms. The van der Waals surface area contributed by atoms with Crippen molar-refractivity contribution in [1.82, 2.24) is 10.3 Å². The molecule has 0 aliphatic rings. The Morgan fingerprint density at radius 1 is 1.36 bits per heavy atom. The number of carbonyl (C=O) groups excluding carboxylic acids is 2. The molecule has 0 saturated heterocycles. The lowest BCUT2D eigenvalue weighted by atomic mass is 10.3. The minimum atomic E-state index is -0.517. The number of benzene rings is 1. The third-order valence-corrected chi connectivity index (χ3v) is 3.44. The van der Waals surface area contributed by atoms with Crippen LogP contribution < -0.4 is 15.4 Å². The number of urea groups is 1. The van der Waals surface area contributed by atoms with Gasteiger partial charge in [0, 0.05) is 23.7 Å². The van der Waals surface area contributed by atoms with Crippen LogP contribution in [0.15, 0.2) is 29.6 Å². The number of hydrogen-bond donors (Lipinski definition) is 2. The van der Waals surface area contributed by atoms with Crippen LogP contribution in [0.3, 0.4) is 0 Å². The molecule has 1 aromatic heterocycles. The van der Waals surface area contributed by atoms with E-state index in [-0.39, 0.29) is 11.7 Å². The van der Waals surface area contributed by atoms with Gasteiger partial charge in [0.25, 0.3) is 0 Å². The zero-order chi connectivity index (χ0) is 15.9. The summed E-state index contributed by atoms with van der Waals surface area (Å²) in [7, 11) is 0. The highest BCUT2D eigenvalue weighted by Crippen LogP contribution is 2.19. The fourth-order valence-corrected chi connectivity index (χ4v) is 2.25. The molecule has 2 aromatic rings. The number of ether oxygens (including phenoxy) is 1. The van der Waals surface area contributed by atoms with Gasteiger partial charge in [0.2, 0.25) is 0 Å². The highest BCUT2D eigenvalue weighted by atomic mass is 32.1. The monoisotopic (exact) mass is 319 g/mol. The Kier molecular flexibility index (Phi) is 5.48. The van der Waals surface area contributed by atoms with Gasteiger partial charge in [0.05, 0.1) is 5.01 Å². The Bertz CT molecular complexity index is 670. The van der Waals surface area contributed by atoms with Crippen molar-refractivity contribution < 1.29 is 14.3 Å². The molecule has 6 nitrogen and oxygen atoms in total. The topological polar surface area (TPSA) is 80.3 Å². The molecule has 2 amide bonds. The van der Waals surface area contributed by atoms with E-state index in [2.05, 4.69) is 15.6 Å². The van der Waals surface area contributed by atoms with Gasteiger partial charge in [0.1, 0.15) is 5.75 Å². The molecule has 0 fully saturated rings. The second-order valence-corrected chi connectivity index (χ2v) is 5.61. The summed E-state index contributed by atoms with van der Waals surface area (Å²) in [6, 6.07) is 6.36. The van der Waals surface area contributed by atoms with Gasteiger partial charge in [-0.25, -0.2) is 14.6 Å². The smallest absolute Gasteiger partial charge is 0.363 e. The maximum Gasteiger partial charge on any atom is 0.363 e. The van der Waals surface area contributed by atoms with Crippen molar-refractivity contribution in [2.24, 2.45) is 0 Å². The minimum absolute atomic E-state index is 0.279. The van der Waals surface area contributed by atoms with Gasteiger partial charge in [-0.05, 0) is 25.5 Å². The van der Waals surface area contributed by atoms with E-state index in [1.807, 2.05) is 13.8 Å². The summed E-state index contributed by atoms with van der Waals surface area (Å²) < 4.78 is 5.25. The van der Waals surface area contributed by atoms with Crippen molar-refractivity contribution in [3.63, 3.8) is 0 Å². The van der Waals surface area contributed by atoms with Gasteiger partial charge in [-0.2, -0.15) is 0 Å². The maximum atomic E-state index is 11.9. The van der Waals surface area contributed by atoms with Crippen LogP contribution in [0.4, 0.5) is 10.5 Å². The molecule has 7 heteroatoms. The van der Waals surface area contributed by atoms with Crippen LogP contribution in [-0.2, 0) is 0 Å². The first-order chi connectivity index (χ1) is 10.6. The predicted molar refractivity (Wildman–Crippen MR) is 85.6 cm³/mol. The van der Waals surface area contributed by atoms with Gasteiger partial charge in [-0.3, -0.25) is 0 Å². The first-order valence-corrected chi connectivity index (χ1v) is 7.75. The Morgan fingerprint density at radius 3 is 2.86 bits per heavy atom. The summed E-state index contributed by atoms with van der Waals surface area (Å²) >= 11 is 1.39. The summed E-state index contributed by atoms with van der Waals surface area (Å²) in [5.41, 5.74) is 0.829. The highest BCUT2D eigenvalue weighted by Gasteiger charge is 2.12. The van der Waals surface area contributed by atoms with Crippen molar-refractivity contribution in [2.75, 3.05) is 11.9 Å². The van der Waals surface area contributed by atoms with Crippen LogP contribution in [0.1, 0.15) is 28.8 Å². The largest absolute Gasteiger partial charge is 0.422 e. The fourth-order valence-electron chi connectivity index (χ4n) is 1.67. The Labute approximate surface area is 132 Å². The molecule has 0 aliphatic heterocycles. The zero-order valence-corrected chi connectivity index (χ0v) is 13.2. The van der Waals surface area contributed by atoms with E-state index in [1.165, 1.54) is 11.3 Å². The number of amides is 2. The van der Waals surface area contributed by atoms with E-state index in [0.29, 0.717) is 18.0 Å². The molecule has 0 unspecified atom stereocenters. The van der Waals surface area contributed by atoms with Gasteiger partial charge in [0.15, 0.2) is 5.69 Å². The van der Waals surface area contributed by atoms with Crippen LogP contribution in [0.2, 0.25) is 0 Å². The van der Waals surface area contributed by atoms with Crippen LogP contribution in [0, 0.1) is 6.92 Å². The van der Waals surface area contributed by atoms with Crippen LogP contribution >= 0.6 is 11.3 Å². The summed E-state index contributed by atoms with van der Waals surface area (Å²) in [6.45, 7) is 4.39. The van der Waals surface area contributed by atoms with Crippen molar-refractivity contribution in [3.05, 3.63) is 40.3 Å². The second kappa shape index (κ2) is 7.56. The molecule has 22 heavy (non-hydrogen) atoms. The average molecular weight is 319 g/mol. The highest BCUT2D eigenvalue weighted by molar-refractivity contribution is 7.09. The van der Waals surface area contributed by atoms with Crippen LogP contribution in [0.5, 0.6) is 5.75 Å². The zero-order valence-electron chi connectivity index (χ0n) is 12.4. The normalized spacial score (nSPS) is 10.1. The Balaban J connectivity index is 1.99. The second-order valence-electron chi connectivity index (χ2n) is 4.55. The molecule has 0 aliphatic carbocycles. The summed E-state index contributed by atoms with van der Waals surface area (Å²) in [6.07, 6.45) is 0.859. The molecule has 1 aromatic carbocycles. The molecular formula is C15H17N3O3S. The maximum absolute atomic E-state index is 11.9. The van der Waals surface area contributed by atoms with E-state index in [4.69, 9.17) is 4.74 Å². The standard InChI is InChI=1S/C15H17N3O3S/c1-3-7-16-15(20)18-11-5-4-6-12(8-11)21-14(19)13-9-22-10(2)17-13/h4-6,8-9H,3,7H2,1-2H3,(H2,16,18,20). The van der Waals surface area contributed by atoms with Crippen LogP contribution in [-0.4, -0.2) is 23.5 Å². The number of hydrogen-bond acceptors (Lipinski definition) is 5. The van der Waals surface area contributed by atoms with Gasteiger partial charge in [-0.1, -0.05) is 13.0 Å². The van der Waals surface area contributed by atoms with Crippen molar-refractivity contribution in [1.29, 1.82) is 0 Å². The number of nitrogens with one attached hydrogen (secondary N) is 2. The number of nitrogens with zero attached hydrogens (tertiary/aromatic N) is 1. The van der Waals surface area contributed by atoms with Gasteiger partial charge >= 0.3 is 12.0 Å². The molecule has 0 spiro atoms. The first-order valence-electron chi connectivity index (χ1n) is 6.87. The number of aryl methyl sites for hydroxylation is 1. The Hall–Kier alpha value is -2.41. The quantitative estimate of drug-likeness (QED) is 0.655. The SMILES string of the molecule is CCCNC(=O)Nc1cccc(OC(=O)c2csc(C)n2)c1. The lowest BCUT2D eigenvalue weighted by molar-refractivity contribution is 0.0729. The van der Waals surface area contributed by atoms with Gasteiger partial charge < -0.3 is 15.4 Å². The number of carbonyl (C=O) groups is 2. The molecule has 0 saturated carbocycles. The lowest BCUT2D eigenvalue weighted by Crippen LogP contribution is -2.29. The number of esters is 1.